The molecular formula is C17H33NO4. The summed E-state index contributed by atoms with van der Waals surface area (Å²) in [5.41, 5.74) is -0.534. The lowest BCUT2D eigenvalue weighted by Gasteiger charge is -2.53. The summed E-state index contributed by atoms with van der Waals surface area (Å²) in [6.07, 6.45) is 0.327. The van der Waals surface area contributed by atoms with Gasteiger partial charge in [-0.3, -0.25) is 4.79 Å². The van der Waals surface area contributed by atoms with Crippen molar-refractivity contribution in [3.8, 4) is 0 Å². The molecule has 4 atom stereocenters. The molecule has 1 saturated carbocycles. The number of hydrogen-bond donors (Lipinski definition) is 2. The number of ether oxygens (including phenoxy) is 2. The molecule has 0 heterocycles. The molecule has 5 heteroatoms. The van der Waals surface area contributed by atoms with E-state index in [1.54, 1.807) is 7.11 Å². The van der Waals surface area contributed by atoms with Gasteiger partial charge >= 0.3 is 5.97 Å². The van der Waals surface area contributed by atoms with Gasteiger partial charge in [0.15, 0.2) is 0 Å². The van der Waals surface area contributed by atoms with Crippen molar-refractivity contribution in [3.63, 3.8) is 0 Å². The fraction of sp³-hybridized carbons (Fsp3) is 0.941. The minimum absolute atomic E-state index is 0.0510. The largest absolute Gasteiger partial charge is 0.460 e. The van der Waals surface area contributed by atoms with Crippen molar-refractivity contribution in [1.29, 1.82) is 0 Å². The number of carbonyl (C=O) groups excluding carboxylic acids is 1. The van der Waals surface area contributed by atoms with Gasteiger partial charge in [0.25, 0.3) is 0 Å². The third-order valence-electron chi connectivity index (χ3n) is 4.67. The van der Waals surface area contributed by atoms with Crippen molar-refractivity contribution in [1.82, 2.24) is 5.32 Å². The van der Waals surface area contributed by atoms with E-state index in [0.29, 0.717) is 19.1 Å². The van der Waals surface area contributed by atoms with Crippen LogP contribution in [0.3, 0.4) is 0 Å². The molecule has 1 rings (SSSR count). The summed E-state index contributed by atoms with van der Waals surface area (Å²) in [7, 11) is 1.58. The molecule has 22 heavy (non-hydrogen) atoms. The van der Waals surface area contributed by atoms with Gasteiger partial charge in [-0.25, -0.2) is 0 Å². The molecule has 130 valence electrons. The standard InChI is InChI=1S/C17H33NO4/c1-11(18-9-12(19)10-21-7)13-8-14(17(13,5)6)15(20)22-16(2,3)4/h11-14,18-19H,8-10H2,1-7H3/t11?,12?,13-,14+/m0/s1. The first kappa shape index (κ1) is 19.4. The molecule has 0 aromatic heterocycles. The molecule has 2 unspecified atom stereocenters. The van der Waals surface area contributed by atoms with Gasteiger partial charge in [-0.2, -0.15) is 0 Å². The van der Waals surface area contributed by atoms with Crippen molar-refractivity contribution in [2.24, 2.45) is 17.3 Å². The number of rotatable bonds is 7. The monoisotopic (exact) mass is 315 g/mol. The average molecular weight is 315 g/mol. The highest BCUT2D eigenvalue weighted by atomic mass is 16.6. The molecular weight excluding hydrogens is 282 g/mol. The van der Waals surface area contributed by atoms with Crippen LogP contribution in [0.5, 0.6) is 0 Å². The average Bonchev–Trinajstić information content (AvgIpc) is 2.33. The first-order chi connectivity index (χ1) is 9.99. The Kier molecular flexibility index (Phi) is 6.42. The zero-order valence-corrected chi connectivity index (χ0v) is 15.1. The van der Waals surface area contributed by atoms with Crippen LogP contribution >= 0.6 is 0 Å². The second kappa shape index (κ2) is 7.28. The van der Waals surface area contributed by atoms with E-state index >= 15 is 0 Å². The molecule has 0 aliphatic heterocycles. The molecule has 0 spiro atoms. The lowest BCUT2D eigenvalue weighted by Crippen LogP contribution is -2.57. The predicted molar refractivity (Wildman–Crippen MR) is 86.6 cm³/mol. The molecule has 0 aromatic rings. The van der Waals surface area contributed by atoms with Gasteiger partial charge < -0.3 is 19.9 Å². The number of carbonyl (C=O) groups is 1. The first-order valence-corrected chi connectivity index (χ1v) is 8.12. The van der Waals surface area contributed by atoms with Crippen LogP contribution in [-0.2, 0) is 14.3 Å². The van der Waals surface area contributed by atoms with E-state index in [1.807, 2.05) is 20.8 Å². The van der Waals surface area contributed by atoms with Crippen molar-refractivity contribution in [2.75, 3.05) is 20.3 Å². The first-order valence-electron chi connectivity index (χ1n) is 8.12. The summed E-state index contributed by atoms with van der Waals surface area (Å²) in [6.45, 7) is 12.9. The van der Waals surface area contributed by atoms with Crippen LogP contribution in [0.15, 0.2) is 0 Å². The molecule has 1 aliphatic carbocycles. The molecule has 0 radical (unpaired) electrons. The van der Waals surface area contributed by atoms with Gasteiger partial charge in [-0.15, -0.1) is 0 Å². The Morgan fingerprint density at radius 1 is 1.41 bits per heavy atom. The van der Waals surface area contributed by atoms with Gasteiger partial charge in [-0.05, 0) is 45.4 Å². The summed E-state index contributed by atoms with van der Waals surface area (Å²) in [5.74, 6) is 0.241. The molecule has 0 saturated heterocycles. The van der Waals surface area contributed by atoms with Crippen LogP contribution in [0.1, 0.15) is 48.0 Å². The topological polar surface area (TPSA) is 67.8 Å². The number of hydrogen-bond acceptors (Lipinski definition) is 5. The SMILES string of the molecule is COCC(O)CNC(C)[C@@H]1C[C@H](C(=O)OC(C)(C)C)C1(C)C. The van der Waals surface area contributed by atoms with Crippen molar-refractivity contribution >= 4 is 5.97 Å². The summed E-state index contributed by atoms with van der Waals surface area (Å²) < 4.78 is 10.4. The van der Waals surface area contributed by atoms with Crippen LogP contribution in [0.2, 0.25) is 0 Å². The second-order valence-corrected chi connectivity index (χ2v) is 8.06. The number of aliphatic hydroxyl groups excluding tert-OH is 1. The Labute approximate surface area is 134 Å². The quantitative estimate of drug-likeness (QED) is 0.703. The van der Waals surface area contributed by atoms with E-state index in [1.165, 1.54) is 0 Å². The maximum absolute atomic E-state index is 12.3. The van der Waals surface area contributed by atoms with Crippen LogP contribution in [-0.4, -0.2) is 49.1 Å². The molecule has 0 amide bonds. The second-order valence-electron chi connectivity index (χ2n) is 8.06. The number of nitrogens with one attached hydrogen (secondary N) is 1. The van der Waals surface area contributed by atoms with Gasteiger partial charge in [-0.1, -0.05) is 13.8 Å². The lowest BCUT2D eigenvalue weighted by atomic mass is 9.52. The van der Waals surface area contributed by atoms with E-state index < -0.39 is 11.7 Å². The van der Waals surface area contributed by atoms with Crippen molar-refractivity contribution in [3.05, 3.63) is 0 Å². The molecule has 1 fully saturated rings. The summed E-state index contributed by atoms with van der Waals surface area (Å²) >= 11 is 0. The highest BCUT2D eigenvalue weighted by Gasteiger charge is 2.54. The van der Waals surface area contributed by atoms with Crippen LogP contribution in [0.25, 0.3) is 0 Å². The van der Waals surface area contributed by atoms with E-state index in [-0.39, 0.29) is 23.3 Å². The Morgan fingerprint density at radius 3 is 2.45 bits per heavy atom. The highest BCUT2D eigenvalue weighted by molar-refractivity contribution is 5.75. The third kappa shape index (κ3) is 4.93. The predicted octanol–water partition coefficient (Wildman–Crippen LogP) is 1.98. The van der Waals surface area contributed by atoms with Gasteiger partial charge in [0, 0.05) is 19.7 Å². The lowest BCUT2D eigenvalue weighted by molar-refractivity contribution is -0.178. The Hall–Kier alpha value is -0.650. The molecule has 1 aliphatic rings. The molecule has 0 bridgehead atoms. The maximum atomic E-state index is 12.3. The van der Waals surface area contributed by atoms with Gasteiger partial charge in [0.05, 0.1) is 18.6 Å². The van der Waals surface area contributed by atoms with Crippen LogP contribution in [0, 0.1) is 17.3 Å². The normalized spacial score (nSPS) is 26.9. The summed E-state index contributed by atoms with van der Waals surface area (Å²) in [5, 5.41) is 13.1. The summed E-state index contributed by atoms with van der Waals surface area (Å²) in [4.78, 5) is 12.3. The van der Waals surface area contributed by atoms with Crippen molar-refractivity contribution < 1.29 is 19.4 Å². The smallest absolute Gasteiger partial charge is 0.310 e. The van der Waals surface area contributed by atoms with Gasteiger partial charge in [0.2, 0.25) is 0 Å². The summed E-state index contributed by atoms with van der Waals surface area (Å²) in [6, 6.07) is 0.236. The Morgan fingerprint density at radius 2 is 2.00 bits per heavy atom. The minimum Gasteiger partial charge on any atom is -0.460 e. The fourth-order valence-electron chi connectivity index (χ4n) is 3.30. The van der Waals surface area contributed by atoms with Gasteiger partial charge in [0.1, 0.15) is 5.60 Å². The number of methoxy groups -OCH3 is 1. The van der Waals surface area contributed by atoms with Crippen molar-refractivity contribution in [2.45, 2.75) is 65.7 Å². The Bertz CT molecular complexity index is 375. The van der Waals surface area contributed by atoms with E-state index in [9.17, 15) is 9.90 Å². The van der Waals surface area contributed by atoms with E-state index in [0.717, 1.165) is 6.42 Å². The molecule has 2 N–H and O–H groups in total. The van der Waals surface area contributed by atoms with Crippen LogP contribution in [0.4, 0.5) is 0 Å². The zero-order chi connectivity index (χ0) is 17.1. The number of aliphatic hydroxyl groups is 1. The Balaban J connectivity index is 2.50. The minimum atomic E-state index is -0.503. The fourth-order valence-corrected chi connectivity index (χ4v) is 3.30. The zero-order valence-electron chi connectivity index (χ0n) is 15.1. The molecule has 5 nitrogen and oxygen atoms in total. The number of esters is 1. The highest BCUT2D eigenvalue weighted by Crippen LogP contribution is 2.53. The third-order valence-corrected chi connectivity index (χ3v) is 4.67. The van der Waals surface area contributed by atoms with E-state index in [2.05, 4.69) is 26.1 Å². The van der Waals surface area contributed by atoms with Crippen LogP contribution < -0.4 is 5.32 Å². The van der Waals surface area contributed by atoms with E-state index in [4.69, 9.17) is 9.47 Å². The molecule has 0 aromatic carbocycles. The maximum Gasteiger partial charge on any atom is 0.310 e.